The maximum atomic E-state index is 10.4. The molecule has 0 aliphatic heterocycles. The summed E-state index contributed by atoms with van der Waals surface area (Å²) in [6.45, 7) is 3.06. The average molecular weight is 206 g/mol. The van der Waals surface area contributed by atoms with Gasteiger partial charge in [-0.25, -0.2) is 9.68 Å². The summed E-state index contributed by atoms with van der Waals surface area (Å²) in [5.41, 5.74) is 0. The predicted octanol–water partition coefficient (Wildman–Crippen LogP) is -0.632. The second kappa shape index (κ2) is 5.32. The Labute approximate surface area is 79.1 Å². The molecule has 80 valence electrons. The second-order valence-electron chi connectivity index (χ2n) is 2.32. The van der Waals surface area contributed by atoms with Crippen LogP contribution in [0.1, 0.15) is 6.42 Å². The van der Waals surface area contributed by atoms with E-state index in [2.05, 4.69) is 16.4 Å². The summed E-state index contributed by atoms with van der Waals surface area (Å²) in [6.07, 6.45) is 0.114. The van der Waals surface area contributed by atoms with Crippen LogP contribution in [0.3, 0.4) is 0 Å². The van der Waals surface area contributed by atoms with E-state index in [0.717, 1.165) is 0 Å². The largest absolute Gasteiger partial charge is 0.481 e. The molecule has 3 N–H and O–H groups in total. The van der Waals surface area contributed by atoms with Crippen molar-refractivity contribution in [1.29, 1.82) is 0 Å². The molecule has 0 bridgehead atoms. The van der Waals surface area contributed by atoms with Gasteiger partial charge in [-0.1, -0.05) is 6.08 Å². The third-order valence-corrected chi connectivity index (χ3v) is 1.11. The lowest BCUT2D eigenvalue weighted by molar-refractivity contribution is -0.402. The monoisotopic (exact) mass is 206 g/mol. The Bertz CT molecular complexity index is 236. The van der Waals surface area contributed by atoms with Gasteiger partial charge in [-0.2, -0.15) is 4.89 Å². The van der Waals surface area contributed by atoms with Crippen LogP contribution in [0.5, 0.6) is 0 Å². The van der Waals surface area contributed by atoms with Crippen molar-refractivity contribution in [2.24, 2.45) is 0 Å². The number of carboxylic acid groups (broad SMARTS) is 2. The lowest BCUT2D eigenvalue weighted by atomic mass is 10.2. The first-order chi connectivity index (χ1) is 6.42. The fourth-order valence-electron chi connectivity index (χ4n) is 0.525. The predicted molar refractivity (Wildman–Crippen MR) is 42.1 cm³/mol. The van der Waals surface area contributed by atoms with E-state index in [-0.39, 0.29) is 6.61 Å². The summed E-state index contributed by atoms with van der Waals surface area (Å²) in [6, 6.07) is 0. The van der Waals surface area contributed by atoms with Gasteiger partial charge < -0.3 is 15.3 Å². The summed E-state index contributed by atoms with van der Waals surface area (Å²) >= 11 is 0. The Kier molecular flexibility index (Phi) is 4.78. The maximum Gasteiger partial charge on any atom is 0.367 e. The van der Waals surface area contributed by atoms with Crippen molar-refractivity contribution in [2.45, 2.75) is 12.2 Å². The van der Waals surface area contributed by atoms with Gasteiger partial charge in [0.2, 0.25) is 0 Å². The van der Waals surface area contributed by atoms with Crippen LogP contribution in [0.15, 0.2) is 12.7 Å². The molecule has 1 atom stereocenters. The third-order valence-electron chi connectivity index (χ3n) is 1.11. The van der Waals surface area contributed by atoms with E-state index in [1.54, 1.807) is 0 Å². The van der Waals surface area contributed by atoms with Crippen LogP contribution >= 0.6 is 0 Å². The fraction of sp³-hybridized carbons (Fsp3) is 0.429. The summed E-state index contributed by atoms with van der Waals surface area (Å²) in [7, 11) is 0. The molecule has 0 rings (SSSR count). The van der Waals surface area contributed by atoms with Crippen molar-refractivity contribution >= 4 is 11.9 Å². The molecular formula is C7H10O7. The van der Waals surface area contributed by atoms with Gasteiger partial charge in [-0.15, -0.1) is 6.58 Å². The molecule has 0 heterocycles. The first kappa shape index (κ1) is 12.6. The van der Waals surface area contributed by atoms with Gasteiger partial charge in [-0.3, -0.25) is 4.79 Å². The smallest absolute Gasteiger partial charge is 0.367 e. The lowest BCUT2D eigenvalue weighted by Gasteiger charge is -2.19. The molecule has 0 spiro atoms. The van der Waals surface area contributed by atoms with Gasteiger partial charge in [0.25, 0.3) is 0 Å². The molecule has 0 aliphatic rings. The van der Waals surface area contributed by atoms with E-state index < -0.39 is 24.1 Å². The lowest BCUT2D eigenvalue weighted by Crippen LogP contribution is -2.43. The minimum Gasteiger partial charge on any atom is -0.481 e. The van der Waals surface area contributed by atoms with E-state index in [0.29, 0.717) is 0 Å². The highest BCUT2D eigenvalue weighted by Gasteiger charge is 2.41. The highest BCUT2D eigenvalue weighted by atomic mass is 17.2. The van der Waals surface area contributed by atoms with Crippen LogP contribution in [0, 0.1) is 0 Å². The molecule has 0 aromatic heterocycles. The molecule has 0 amide bonds. The van der Waals surface area contributed by atoms with Gasteiger partial charge >= 0.3 is 17.7 Å². The Balaban J connectivity index is 4.31. The van der Waals surface area contributed by atoms with Crippen LogP contribution in [0.2, 0.25) is 0 Å². The average Bonchev–Trinajstić information content (AvgIpc) is 2.03. The van der Waals surface area contributed by atoms with Gasteiger partial charge in [0, 0.05) is 0 Å². The number of hydrogen-bond acceptors (Lipinski definition) is 5. The molecule has 0 saturated heterocycles. The van der Waals surface area contributed by atoms with E-state index in [1.165, 1.54) is 6.08 Å². The third kappa shape index (κ3) is 3.99. The number of aliphatic hydroxyl groups is 1. The highest BCUT2D eigenvalue weighted by Crippen LogP contribution is 2.13. The number of hydrogen-bond donors (Lipinski definition) is 3. The Morgan fingerprint density at radius 3 is 2.36 bits per heavy atom. The normalized spacial score (nSPS) is 14.4. The quantitative estimate of drug-likeness (QED) is 0.167. The van der Waals surface area contributed by atoms with Crippen molar-refractivity contribution in [3.63, 3.8) is 0 Å². The number of rotatable bonds is 7. The van der Waals surface area contributed by atoms with Crippen LogP contribution in [0.4, 0.5) is 0 Å². The SMILES string of the molecule is C=CCOOC(O)(CC(=O)O)C(=O)O. The minimum atomic E-state index is -2.88. The molecular weight excluding hydrogens is 196 g/mol. The van der Waals surface area contributed by atoms with Gasteiger partial charge in [0.1, 0.15) is 13.0 Å². The molecule has 0 aliphatic carbocycles. The Morgan fingerprint density at radius 1 is 1.43 bits per heavy atom. The first-order valence-corrected chi connectivity index (χ1v) is 3.51. The van der Waals surface area contributed by atoms with Crippen LogP contribution in [-0.4, -0.2) is 39.7 Å². The zero-order valence-electron chi connectivity index (χ0n) is 7.17. The number of aliphatic carboxylic acids is 2. The summed E-state index contributed by atoms with van der Waals surface area (Å²) < 4.78 is 0. The van der Waals surface area contributed by atoms with Gasteiger partial charge in [-0.05, 0) is 0 Å². The fourth-order valence-corrected chi connectivity index (χ4v) is 0.525. The second-order valence-corrected chi connectivity index (χ2v) is 2.32. The summed E-state index contributed by atoms with van der Waals surface area (Å²) in [4.78, 5) is 28.8. The number of carbonyl (C=O) groups is 2. The molecule has 7 heteroatoms. The molecule has 0 aromatic carbocycles. The van der Waals surface area contributed by atoms with E-state index in [1.807, 2.05) is 0 Å². The molecule has 1 unspecified atom stereocenters. The zero-order valence-corrected chi connectivity index (χ0v) is 7.17. The van der Waals surface area contributed by atoms with Crippen LogP contribution < -0.4 is 0 Å². The van der Waals surface area contributed by atoms with Gasteiger partial charge in [0.05, 0.1) is 0 Å². The molecule has 14 heavy (non-hydrogen) atoms. The van der Waals surface area contributed by atoms with Crippen LogP contribution in [-0.2, 0) is 19.4 Å². The summed E-state index contributed by atoms with van der Waals surface area (Å²) in [5, 5.41) is 25.8. The zero-order chi connectivity index (χ0) is 11.2. The highest BCUT2D eigenvalue weighted by molar-refractivity contribution is 5.81. The molecule has 7 nitrogen and oxygen atoms in total. The van der Waals surface area contributed by atoms with Crippen molar-refractivity contribution in [3.05, 3.63) is 12.7 Å². The van der Waals surface area contributed by atoms with Crippen molar-refractivity contribution in [1.82, 2.24) is 0 Å². The number of carboxylic acids is 2. The molecule has 0 saturated carbocycles. The van der Waals surface area contributed by atoms with E-state index >= 15 is 0 Å². The van der Waals surface area contributed by atoms with Gasteiger partial charge in [0.15, 0.2) is 0 Å². The Morgan fingerprint density at radius 2 is 2.00 bits per heavy atom. The standard InChI is InChI=1S/C7H10O7/c1-2-3-13-14-7(12,6(10)11)4-5(8)9/h2,12H,1,3-4H2,(H,8,9)(H,10,11). The molecule has 0 radical (unpaired) electrons. The van der Waals surface area contributed by atoms with Crippen molar-refractivity contribution < 1.29 is 34.7 Å². The van der Waals surface area contributed by atoms with Crippen molar-refractivity contribution in [2.75, 3.05) is 6.61 Å². The molecule has 0 aromatic rings. The first-order valence-electron chi connectivity index (χ1n) is 3.51. The van der Waals surface area contributed by atoms with E-state index in [4.69, 9.17) is 15.3 Å². The minimum absolute atomic E-state index is 0.171. The topological polar surface area (TPSA) is 113 Å². The molecule has 0 fully saturated rings. The Hall–Kier alpha value is -1.44. The van der Waals surface area contributed by atoms with Crippen molar-refractivity contribution in [3.8, 4) is 0 Å². The summed E-state index contributed by atoms with van der Waals surface area (Å²) in [5.74, 6) is -6.25. The van der Waals surface area contributed by atoms with E-state index in [9.17, 15) is 9.59 Å². The maximum absolute atomic E-state index is 10.4. The van der Waals surface area contributed by atoms with Crippen LogP contribution in [0.25, 0.3) is 0 Å².